The summed E-state index contributed by atoms with van der Waals surface area (Å²) in [6.45, 7) is 5.07. The van der Waals surface area contributed by atoms with Crippen molar-refractivity contribution in [2.45, 2.75) is 38.8 Å². The van der Waals surface area contributed by atoms with Crippen molar-refractivity contribution in [3.05, 3.63) is 59.7 Å². The minimum Gasteiger partial charge on any atom is -0.480 e. The van der Waals surface area contributed by atoms with Crippen LogP contribution in [0.15, 0.2) is 48.5 Å². The second-order valence-corrected chi connectivity index (χ2v) is 7.47. The Morgan fingerprint density at radius 1 is 1.03 bits per heavy atom. The van der Waals surface area contributed by atoms with Crippen LogP contribution in [-0.4, -0.2) is 41.9 Å². The van der Waals surface area contributed by atoms with Crippen molar-refractivity contribution < 1.29 is 33.7 Å². The lowest BCUT2D eigenvalue weighted by atomic mass is 10.0. The summed E-state index contributed by atoms with van der Waals surface area (Å²) in [4.78, 5) is 35.2. The third-order valence-electron chi connectivity index (χ3n) is 3.89. The molecule has 2 rings (SSSR count). The van der Waals surface area contributed by atoms with Crippen LogP contribution in [0.1, 0.15) is 36.7 Å². The van der Waals surface area contributed by atoms with Crippen molar-refractivity contribution in [2.24, 2.45) is 0 Å². The van der Waals surface area contributed by atoms with Gasteiger partial charge in [-0.25, -0.2) is 14.4 Å². The van der Waals surface area contributed by atoms with E-state index in [2.05, 4.69) is 10.1 Å². The minimum atomic E-state index is -1.20. The Balaban J connectivity index is 2.15. The third-order valence-corrected chi connectivity index (χ3v) is 3.89. The fourth-order valence-corrected chi connectivity index (χ4v) is 2.55. The number of rotatable bonds is 7. The number of ether oxygens (including phenoxy) is 3. The first-order valence-corrected chi connectivity index (χ1v) is 9.25. The lowest BCUT2D eigenvalue weighted by Gasteiger charge is -2.22. The predicted molar refractivity (Wildman–Crippen MR) is 109 cm³/mol. The van der Waals surface area contributed by atoms with Crippen LogP contribution in [0.4, 0.5) is 4.79 Å². The highest BCUT2D eigenvalue weighted by Crippen LogP contribution is 2.27. The van der Waals surface area contributed by atoms with E-state index in [0.29, 0.717) is 22.6 Å². The molecule has 1 unspecified atom stereocenters. The summed E-state index contributed by atoms with van der Waals surface area (Å²) in [6, 6.07) is 12.0. The molecule has 1 amide bonds. The van der Waals surface area contributed by atoms with E-state index in [1.807, 2.05) is 0 Å². The van der Waals surface area contributed by atoms with Crippen LogP contribution < -0.4 is 10.1 Å². The highest BCUT2D eigenvalue weighted by molar-refractivity contribution is 5.89. The molecule has 0 heterocycles. The lowest BCUT2D eigenvalue weighted by Crippen LogP contribution is -2.44. The molecule has 0 radical (unpaired) electrons. The number of methoxy groups -OCH3 is 1. The molecule has 8 heteroatoms. The number of benzene rings is 2. The number of esters is 1. The van der Waals surface area contributed by atoms with E-state index in [-0.39, 0.29) is 6.42 Å². The Morgan fingerprint density at radius 2 is 1.67 bits per heavy atom. The topological polar surface area (TPSA) is 111 Å². The van der Waals surface area contributed by atoms with Crippen LogP contribution in [0, 0.1) is 0 Å². The zero-order chi connectivity index (χ0) is 22.3. The van der Waals surface area contributed by atoms with Gasteiger partial charge in [-0.15, -0.1) is 0 Å². The van der Waals surface area contributed by atoms with Crippen LogP contribution >= 0.6 is 0 Å². The summed E-state index contributed by atoms with van der Waals surface area (Å²) in [6.07, 6.45) is -0.822. The molecule has 0 bridgehead atoms. The van der Waals surface area contributed by atoms with Crippen molar-refractivity contribution in [3.8, 4) is 11.5 Å². The van der Waals surface area contributed by atoms with E-state index < -0.39 is 29.7 Å². The van der Waals surface area contributed by atoms with E-state index in [1.54, 1.807) is 69.3 Å². The first-order valence-electron chi connectivity index (χ1n) is 9.25. The lowest BCUT2D eigenvalue weighted by molar-refractivity contribution is -0.139. The summed E-state index contributed by atoms with van der Waals surface area (Å²) >= 11 is 0. The summed E-state index contributed by atoms with van der Waals surface area (Å²) in [7, 11) is 1.30. The van der Waals surface area contributed by atoms with Crippen molar-refractivity contribution in [3.63, 3.8) is 0 Å². The van der Waals surface area contributed by atoms with Crippen molar-refractivity contribution in [1.29, 1.82) is 0 Å². The molecule has 2 N–H and O–H groups in total. The Labute approximate surface area is 174 Å². The molecule has 0 fully saturated rings. The number of hydrogen-bond acceptors (Lipinski definition) is 6. The summed E-state index contributed by atoms with van der Waals surface area (Å²) < 4.78 is 15.7. The van der Waals surface area contributed by atoms with Crippen LogP contribution in [0.3, 0.4) is 0 Å². The first kappa shape index (κ1) is 22.7. The molecule has 0 aliphatic rings. The number of nitrogens with one attached hydrogen (secondary N) is 1. The van der Waals surface area contributed by atoms with Gasteiger partial charge in [-0.2, -0.15) is 0 Å². The summed E-state index contributed by atoms with van der Waals surface area (Å²) in [5, 5.41) is 11.9. The Bertz CT molecular complexity index is 900. The zero-order valence-electron chi connectivity index (χ0n) is 17.3. The predicted octanol–water partition coefficient (Wildman–Crippen LogP) is 3.79. The second-order valence-electron chi connectivity index (χ2n) is 7.47. The Kier molecular flexibility index (Phi) is 7.41. The van der Waals surface area contributed by atoms with Crippen molar-refractivity contribution in [2.75, 3.05) is 7.11 Å². The van der Waals surface area contributed by atoms with E-state index in [1.165, 1.54) is 7.11 Å². The molecule has 2 aromatic carbocycles. The molecule has 160 valence electrons. The largest absolute Gasteiger partial charge is 0.480 e. The van der Waals surface area contributed by atoms with Gasteiger partial charge in [0.15, 0.2) is 0 Å². The molecule has 1 atom stereocenters. The number of hydrogen-bond donors (Lipinski definition) is 2. The van der Waals surface area contributed by atoms with Gasteiger partial charge in [-0.05, 0) is 56.7 Å². The second kappa shape index (κ2) is 9.78. The van der Waals surface area contributed by atoms with Gasteiger partial charge in [-0.3, -0.25) is 0 Å². The Morgan fingerprint density at radius 3 is 2.23 bits per heavy atom. The number of carboxylic acid groups (broad SMARTS) is 1. The van der Waals surface area contributed by atoms with Gasteiger partial charge in [0.05, 0.1) is 12.7 Å². The Hall–Kier alpha value is -3.55. The third kappa shape index (κ3) is 6.80. The van der Waals surface area contributed by atoms with Gasteiger partial charge >= 0.3 is 18.0 Å². The van der Waals surface area contributed by atoms with Crippen molar-refractivity contribution in [1.82, 2.24) is 5.32 Å². The van der Waals surface area contributed by atoms with Gasteiger partial charge < -0.3 is 24.6 Å². The van der Waals surface area contributed by atoms with Gasteiger partial charge in [0, 0.05) is 6.42 Å². The van der Waals surface area contributed by atoms with Crippen LogP contribution in [-0.2, 0) is 20.7 Å². The maximum atomic E-state index is 12.0. The molecule has 0 aliphatic carbocycles. The monoisotopic (exact) mass is 415 g/mol. The highest BCUT2D eigenvalue weighted by atomic mass is 16.6. The SMILES string of the molecule is COC(=O)c1ccc(Oc2ccccc2CC(NC(=O)OC(C)(C)C)C(=O)O)cc1. The number of alkyl carbamates (subject to hydrolysis) is 1. The molecule has 0 saturated carbocycles. The van der Waals surface area contributed by atoms with Crippen LogP contribution in [0.5, 0.6) is 11.5 Å². The average molecular weight is 415 g/mol. The van der Waals surface area contributed by atoms with Crippen LogP contribution in [0.2, 0.25) is 0 Å². The summed E-state index contributed by atoms with van der Waals surface area (Å²) in [5.74, 6) is -0.764. The molecular weight excluding hydrogens is 390 g/mol. The van der Waals surface area contributed by atoms with Gasteiger partial charge in [0.2, 0.25) is 0 Å². The van der Waals surface area contributed by atoms with E-state index in [4.69, 9.17) is 9.47 Å². The fourth-order valence-electron chi connectivity index (χ4n) is 2.55. The zero-order valence-corrected chi connectivity index (χ0v) is 17.3. The number of aliphatic carboxylic acids is 1. The molecule has 8 nitrogen and oxygen atoms in total. The van der Waals surface area contributed by atoms with Gasteiger partial charge in [0.25, 0.3) is 0 Å². The molecule has 2 aromatic rings. The standard InChI is InChI=1S/C22H25NO7/c1-22(2,3)30-21(27)23-17(19(24)25)13-15-7-5-6-8-18(15)29-16-11-9-14(10-12-16)20(26)28-4/h5-12,17H,13H2,1-4H3,(H,23,27)(H,24,25). The van der Waals surface area contributed by atoms with Gasteiger partial charge in [-0.1, -0.05) is 18.2 Å². The molecule has 0 saturated heterocycles. The van der Waals surface area contributed by atoms with Crippen molar-refractivity contribution >= 4 is 18.0 Å². The van der Waals surface area contributed by atoms with Crippen LogP contribution in [0.25, 0.3) is 0 Å². The normalized spacial score (nSPS) is 11.9. The smallest absolute Gasteiger partial charge is 0.408 e. The number of carbonyl (C=O) groups excluding carboxylic acids is 2. The minimum absolute atomic E-state index is 0.00893. The highest BCUT2D eigenvalue weighted by Gasteiger charge is 2.25. The number of amides is 1. The number of carbonyl (C=O) groups is 3. The molecular formula is C22H25NO7. The van der Waals surface area contributed by atoms with E-state index in [0.717, 1.165) is 0 Å². The quantitative estimate of drug-likeness (QED) is 0.662. The maximum absolute atomic E-state index is 12.0. The molecule has 30 heavy (non-hydrogen) atoms. The van der Waals surface area contributed by atoms with Gasteiger partial charge in [0.1, 0.15) is 23.1 Å². The molecule has 0 aliphatic heterocycles. The molecule has 0 spiro atoms. The van der Waals surface area contributed by atoms with E-state index >= 15 is 0 Å². The summed E-state index contributed by atoms with van der Waals surface area (Å²) in [5.41, 5.74) is 0.216. The number of para-hydroxylation sites is 1. The average Bonchev–Trinajstić information content (AvgIpc) is 2.67. The fraction of sp³-hybridized carbons (Fsp3) is 0.318. The number of carboxylic acids is 1. The first-order chi connectivity index (χ1) is 14.1. The molecule has 0 aromatic heterocycles. The maximum Gasteiger partial charge on any atom is 0.408 e. The van der Waals surface area contributed by atoms with E-state index in [9.17, 15) is 19.5 Å².